The standard InChI is InChI=1S/C25H25N3O4S/c1-31-19-9-6-14(12-20(19)32-2)15-10-17-22(18(29)11-15)21(13-4-7-16(33-3)8-5-13)23-24(26-17)27-28-25(23)30/h4-9,12,15,21H,10-11H2,1-3H3,(H3,26,27,28,30). The fourth-order valence-electron chi connectivity index (χ4n) is 4.89. The van der Waals surface area contributed by atoms with Crippen LogP contribution in [0.3, 0.4) is 0 Å². The van der Waals surface area contributed by atoms with Crippen molar-refractivity contribution >= 4 is 23.4 Å². The number of H-pyrrole nitrogens is 2. The highest BCUT2D eigenvalue weighted by molar-refractivity contribution is 7.98. The summed E-state index contributed by atoms with van der Waals surface area (Å²) >= 11 is 1.66. The third kappa shape index (κ3) is 3.64. The van der Waals surface area contributed by atoms with Crippen LogP contribution in [0.15, 0.2) is 63.4 Å². The highest BCUT2D eigenvalue weighted by Crippen LogP contribution is 2.47. The molecule has 0 fully saturated rings. The van der Waals surface area contributed by atoms with E-state index in [4.69, 9.17) is 9.47 Å². The monoisotopic (exact) mass is 463 g/mol. The number of benzene rings is 2. The van der Waals surface area contributed by atoms with Crippen molar-refractivity contribution in [2.24, 2.45) is 0 Å². The molecule has 3 N–H and O–H groups in total. The zero-order chi connectivity index (χ0) is 23.1. The van der Waals surface area contributed by atoms with Crippen LogP contribution in [0.2, 0.25) is 0 Å². The number of aromatic amines is 2. The SMILES string of the molecule is COc1ccc(C2CC(=O)C3=C(C2)Nc2[nH][nH]c(=O)c2C3c2ccc(SC)cc2)cc1OC. The van der Waals surface area contributed by atoms with Gasteiger partial charge in [-0.2, -0.15) is 0 Å². The lowest BCUT2D eigenvalue weighted by molar-refractivity contribution is -0.116. The molecule has 2 aliphatic rings. The number of allylic oxidation sites excluding steroid dienone is 2. The Morgan fingerprint density at radius 3 is 2.33 bits per heavy atom. The summed E-state index contributed by atoms with van der Waals surface area (Å²) in [6, 6.07) is 13.9. The van der Waals surface area contributed by atoms with Gasteiger partial charge >= 0.3 is 0 Å². The molecule has 7 nitrogen and oxygen atoms in total. The molecule has 1 aromatic heterocycles. The van der Waals surface area contributed by atoms with E-state index in [2.05, 4.69) is 15.5 Å². The molecule has 2 unspecified atom stereocenters. The zero-order valence-electron chi connectivity index (χ0n) is 18.7. The van der Waals surface area contributed by atoms with Gasteiger partial charge in [0, 0.05) is 28.5 Å². The number of ether oxygens (including phenoxy) is 2. The maximum atomic E-state index is 13.6. The van der Waals surface area contributed by atoms with Crippen molar-refractivity contribution in [1.82, 2.24) is 10.2 Å². The van der Waals surface area contributed by atoms with E-state index in [1.807, 2.05) is 48.7 Å². The fraction of sp³-hybridized carbons (Fsp3) is 0.280. The number of methoxy groups -OCH3 is 2. The second-order valence-corrected chi connectivity index (χ2v) is 9.11. The van der Waals surface area contributed by atoms with E-state index in [0.29, 0.717) is 41.3 Å². The molecule has 0 radical (unpaired) electrons. The molecule has 2 heterocycles. The number of nitrogens with one attached hydrogen (secondary N) is 3. The summed E-state index contributed by atoms with van der Waals surface area (Å²) in [5.74, 6) is 1.56. The Morgan fingerprint density at radius 2 is 1.64 bits per heavy atom. The minimum absolute atomic E-state index is 0.00436. The largest absolute Gasteiger partial charge is 0.493 e. The van der Waals surface area contributed by atoms with Crippen LogP contribution in [0.25, 0.3) is 0 Å². The molecule has 3 aromatic rings. The molecule has 5 rings (SSSR count). The molecular weight excluding hydrogens is 438 g/mol. The average Bonchev–Trinajstić information content (AvgIpc) is 3.22. The number of thioether (sulfide) groups is 1. The maximum Gasteiger partial charge on any atom is 0.270 e. The van der Waals surface area contributed by atoms with Crippen LogP contribution in [0.1, 0.15) is 41.4 Å². The van der Waals surface area contributed by atoms with Crippen molar-refractivity contribution < 1.29 is 14.3 Å². The number of fused-ring (bicyclic) bond motifs is 1. The number of hydrogen-bond donors (Lipinski definition) is 3. The van der Waals surface area contributed by atoms with Gasteiger partial charge in [-0.15, -0.1) is 11.8 Å². The fourth-order valence-corrected chi connectivity index (χ4v) is 5.30. The Balaban J connectivity index is 1.57. The molecule has 0 bridgehead atoms. The molecule has 8 heteroatoms. The van der Waals surface area contributed by atoms with Crippen LogP contribution in [-0.4, -0.2) is 36.5 Å². The average molecular weight is 464 g/mol. The van der Waals surface area contributed by atoms with Crippen molar-refractivity contribution in [2.45, 2.75) is 29.6 Å². The second kappa shape index (κ2) is 8.51. The Labute approximate surface area is 195 Å². The van der Waals surface area contributed by atoms with Gasteiger partial charge in [-0.3, -0.25) is 19.8 Å². The van der Waals surface area contributed by atoms with Crippen molar-refractivity contribution in [1.29, 1.82) is 0 Å². The third-order valence-electron chi connectivity index (χ3n) is 6.50. The first-order valence-electron chi connectivity index (χ1n) is 10.7. The van der Waals surface area contributed by atoms with Gasteiger partial charge in [-0.1, -0.05) is 18.2 Å². The summed E-state index contributed by atoms with van der Waals surface area (Å²) in [5, 5.41) is 8.97. The number of carbonyl (C=O) groups excluding carboxylic acids is 1. The molecule has 0 saturated heterocycles. The molecule has 1 aliphatic carbocycles. The summed E-state index contributed by atoms with van der Waals surface area (Å²) in [4.78, 5) is 27.4. The third-order valence-corrected chi connectivity index (χ3v) is 7.25. The Hall–Kier alpha value is -3.39. The van der Waals surface area contributed by atoms with Crippen LogP contribution >= 0.6 is 11.8 Å². The highest BCUT2D eigenvalue weighted by Gasteiger charge is 2.40. The van der Waals surface area contributed by atoms with E-state index < -0.39 is 5.92 Å². The van der Waals surface area contributed by atoms with Crippen molar-refractivity contribution in [3.63, 3.8) is 0 Å². The van der Waals surface area contributed by atoms with Gasteiger partial charge < -0.3 is 14.8 Å². The van der Waals surface area contributed by atoms with Crippen LogP contribution < -0.4 is 20.3 Å². The van der Waals surface area contributed by atoms with E-state index in [1.54, 1.807) is 26.0 Å². The molecule has 2 aromatic carbocycles. The number of anilines is 1. The molecule has 170 valence electrons. The van der Waals surface area contributed by atoms with Crippen molar-refractivity contribution in [3.8, 4) is 11.5 Å². The molecule has 2 atom stereocenters. The van der Waals surface area contributed by atoms with Crippen LogP contribution in [0.4, 0.5) is 5.82 Å². The number of hydrogen-bond acceptors (Lipinski definition) is 6. The number of aromatic nitrogens is 2. The molecule has 0 saturated carbocycles. The normalized spacial score (nSPS) is 19.5. The van der Waals surface area contributed by atoms with Gasteiger partial charge in [0.25, 0.3) is 5.56 Å². The van der Waals surface area contributed by atoms with Crippen LogP contribution in [0, 0.1) is 0 Å². The Bertz CT molecular complexity index is 1310. The number of Topliss-reactive ketones (excluding diaryl/α,β-unsaturated/α-hetero) is 1. The lowest BCUT2D eigenvalue weighted by Gasteiger charge is -2.34. The predicted molar refractivity (Wildman–Crippen MR) is 129 cm³/mol. The smallest absolute Gasteiger partial charge is 0.270 e. The summed E-state index contributed by atoms with van der Waals surface area (Å²) in [6.45, 7) is 0. The van der Waals surface area contributed by atoms with Gasteiger partial charge in [0.05, 0.1) is 19.8 Å². The van der Waals surface area contributed by atoms with E-state index >= 15 is 0 Å². The van der Waals surface area contributed by atoms with Gasteiger partial charge in [-0.05, 0) is 54.0 Å². The summed E-state index contributed by atoms with van der Waals surface area (Å²) in [7, 11) is 3.21. The van der Waals surface area contributed by atoms with Crippen LogP contribution in [-0.2, 0) is 4.79 Å². The summed E-state index contributed by atoms with van der Waals surface area (Å²) < 4.78 is 10.8. The minimum Gasteiger partial charge on any atom is -0.493 e. The number of ketones is 1. The minimum atomic E-state index is -0.402. The molecule has 0 spiro atoms. The number of carbonyl (C=O) groups is 1. The Morgan fingerprint density at radius 1 is 0.909 bits per heavy atom. The van der Waals surface area contributed by atoms with E-state index in [1.165, 1.54) is 0 Å². The highest BCUT2D eigenvalue weighted by atomic mass is 32.2. The Kier molecular flexibility index (Phi) is 5.54. The second-order valence-electron chi connectivity index (χ2n) is 8.23. The van der Waals surface area contributed by atoms with Gasteiger partial charge in [0.1, 0.15) is 5.82 Å². The molecule has 0 amide bonds. The van der Waals surface area contributed by atoms with Gasteiger partial charge in [-0.25, -0.2) is 0 Å². The molecule has 1 aliphatic heterocycles. The predicted octanol–water partition coefficient (Wildman–Crippen LogP) is 4.40. The first kappa shape index (κ1) is 21.5. The van der Waals surface area contributed by atoms with E-state index in [9.17, 15) is 9.59 Å². The summed E-state index contributed by atoms with van der Waals surface area (Å²) in [5.41, 5.74) is 3.84. The van der Waals surface area contributed by atoms with Crippen LogP contribution in [0.5, 0.6) is 11.5 Å². The van der Waals surface area contributed by atoms with E-state index in [-0.39, 0.29) is 17.3 Å². The number of rotatable bonds is 5. The van der Waals surface area contributed by atoms with E-state index in [0.717, 1.165) is 21.7 Å². The topological polar surface area (TPSA) is 96.2 Å². The first-order valence-corrected chi connectivity index (χ1v) is 12.0. The molecule has 33 heavy (non-hydrogen) atoms. The summed E-state index contributed by atoms with van der Waals surface area (Å²) in [6.07, 6.45) is 3.05. The van der Waals surface area contributed by atoms with Crippen molar-refractivity contribution in [3.05, 3.63) is 80.8 Å². The van der Waals surface area contributed by atoms with Gasteiger partial charge in [0.2, 0.25) is 0 Å². The van der Waals surface area contributed by atoms with Gasteiger partial charge in [0.15, 0.2) is 17.3 Å². The molecular formula is C25H25N3O4S. The lowest BCUT2D eigenvalue weighted by atomic mass is 9.73. The lowest BCUT2D eigenvalue weighted by Crippen LogP contribution is -2.31. The zero-order valence-corrected chi connectivity index (χ0v) is 19.5. The quantitative estimate of drug-likeness (QED) is 0.486. The van der Waals surface area contributed by atoms with Crippen molar-refractivity contribution in [2.75, 3.05) is 25.8 Å². The maximum absolute atomic E-state index is 13.6. The first-order chi connectivity index (χ1) is 16.0.